The Bertz CT molecular complexity index is 692. The molecule has 1 amide bonds. The number of nitrogens with one attached hydrogen (secondary N) is 1. The van der Waals surface area contributed by atoms with Gasteiger partial charge in [0.1, 0.15) is 0 Å². The summed E-state index contributed by atoms with van der Waals surface area (Å²) in [4.78, 5) is 11.8. The summed E-state index contributed by atoms with van der Waals surface area (Å²) >= 11 is 0. The van der Waals surface area contributed by atoms with Crippen molar-refractivity contribution in [2.75, 3.05) is 0 Å². The number of phenolic OH excluding ortho intramolecular Hbond substituents is 2. The molecule has 2 rings (SSSR count). The summed E-state index contributed by atoms with van der Waals surface area (Å²) in [7, 11) is 0. The fourth-order valence-electron chi connectivity index (χ4n) is 1.96. The van der Waals surface area contributed by atoms with Crippen molar-refractivity contribution in [3.8, 4) is 11.5 Å². The highest BCUT2D eigenvalue weighted by Gasteiger charge is 2.00. The van der Waals surface area contributed by atoms with E-state index < -0.39 is 0 Å². The van der Waals surface area contributed by atoms with Crippen molar-refractivity contribution >= 4 is 12.0 Å². The fourth-order valence-corrected chi connectivity index (χ4v) is 1.96. The van der Waals surface area contributed by atoms with Gasteiger partial charge in [0.25, 0.3) is 0 Å². The van der Waals surface area contributed by atoms with E-state index >= 15 is 0 Å². The number of hydrogen-bond donors (Lipinski definition) is 3. The van der Waals surface area contributed by atoms with E-state index in [1.54, 1.807) is 12.1 Å². The van der Waals surface area contributed by atoms with E-state index in [-0.39, 0.29) is 17.4 Å². The Morgan fingerprint density at radius 2 is 1.86 bits per heavy atom. The van der Waals surface area contributed by atoms with Crippen LogP contribution >= 0.6 is 0 Å². The van der Waals surface area contributed by atoms with Crippen LogP contribution in [-0.4, -0.2) is 16.1 Å². The second kappa shape index (κ2) is 7.31. The molecule has 0 fully saturated rings. The number of benzene rings is 2. The van der Waals surface area contributed by atoms with E-state index in [0.717, 1.165) is 11.1 Å². The largest absolute Gasteiger partial charge is 0.504 e. The molecule has 0 aromatic heterocycles. The van der Waals surface area contributed by atoms with Gasteiger partial charge < -0.3 is 15.5 Å². The first-order valence-corrected chi connectivity index (χ1v) is 6.93. The Morgan fingerprint density at radius 3 is 2.59 bits per heavy atom. The minimum absolute atomic E-state index is 0.188. The predicted molar refractivity (Wildman–Crippen MR) is 86.2 cm³/mol. The third-order valence-electron chi connectivity index (χ3n) is 3.17. The van der Waals surface area contributed by atoms with E-state index in [0.29, 0.717) is 18.5 Å². The van der Waals surface area contributed by atoms with E-state index in [4.69, 9.17) is 0 Å². The van der Waals surface area contributed by atoms with E-state index in [2.05, 4.69) is 12.2 Å². The average molecular weight is 296 g/mol. The van der Waals surface area contributed by atoms with E-state index in [1.807, 2.05) is 24.3 Å². The Balaban J connectivity index is 1.92. The highest BCUT2D eigenvalue weighted by molar-refractivity contribution is 5.91. The van der Waals surface area contributed by atoms with Gasteiger partial charge in [0.05, 0.1) is 0 Å². The SMILES string of the molecule is [CH2]Cc1cccc(CNC(=O)/C=C/c2ccc(O)c(O)c2)c1. The van der Waals surface area contributed by atoms with Gasteiger partial charge in [0.2, 0.25) is 5.91 Å². The lowest BCUT2D eigenvalue weighted by atomic mass is 10.1. The smallest absolute Gasteiger partial charge is 0.244 e. The summed E-state index contributed by atoms with van der Waals surface area (Å²) in [5.74, 6) is -0.632. The van der Waals surface area contributed by atoms with Crippen molar-refractivity contribution in [2.24, 2.45) is 0 Å². The molecule has 0 atom stereocenters. The molecule has 0 spiro atoms. The first-order valence-electron chi connectivity index (χ1n) is 6.93. The van der Waals surface area contributed by atoms with Gasteiger partial charge in [-0.3, -0.25) is 4.79 Å². The normalized spacial score (nSPS) is 10.8. The molecule has 0 saturated carbocycles. The molecule has 3 N–H and O–H groups in total. The van der Waals surface area contributed by atoms with Crippen LogP contribution in [0.3, 0.4) is 0 Å². The van der Waals surface area contributed by atoms with Crippen molar-refractivity contribution in [1.29, 1.82) is 0 Å². The van der Waals surface area contributed by atoms with E-state index in [1.165, 1.54) is 18.2 Å². The molecule has 22 heavy (non-hydrogen) atoms. The Labute approximate surface area is 129 Å². The zero-order valence-electron chi connectivity index (χ0n) is 12.1. The standard InChI is InChI=1S/C18H18NO3/c1-2-13-4-3-5-15(10-13)12-19-18(22)9-7-14-6-8-16(20)17(21)11-14/h3-11,20-21H,1-2,12H2,(H,19,22)/b9-7+. The second-order valence-electron chi connectivity index (χ2n) is 4.87. The number of amides is 1. The summed E-state index contributed by atoms with van der Waals surface area (Å²) in [5, 5.41) is 21.4. The highest BCUT2D eigenvalue weighted by Crippen LogP contribution is 2.25. The predicted octanol–water partition coefficient (Wildman–Crippen LogP) is 2.80. The molecule has 0 saturated heterocycles. The van der Waals surface area contributed by atoms with Gasteiger partial charge in [0.15, 0.2) is 11.5 Å². The molecule has 0 heterocycles. The number of carbonyl (C=O) groups excluding carboxylic acids is 1. The molecule has 0 aliphatic rings. The number of hydrogen-bond acceptors (Lipinski definition) is 3. The van der Waals surface area contributed by atoms with Crippen LogP contribution in [0.2, 0.25) is 0 Å². The van der Waals surface area contributed by atoms with Gasteiger partial charge in [0, 0.05) is 12.6 Å². The van der Waals surface area contributed by atoms with Crippen LogP contribution < -0.4 is 5.32 Å². The second-order valence-corrected chi connectivity index (χ2v) is 4.87. The maximum Gasteiger partial charge on any atom is 0.244 e. The summed E-state index contributed by atoms with van der Waals surface area (Å²) in [6, 6.07) is 12.3. The minimum atomic E-state index is -0.229. The third-order valence-corrected chi connectivity index (χ3v) is 3.17. The Morgan fingerprint density at radius 1 is 1.09 bits per heavy atom. The lowest BCUT2D eigenvalue weighted by Gasteiger charge is -2.04. The molecule has 1 radical (unpaired) electrons. The quantitative estimate of drug-likeness (QED) is 0.587. The number of carbonyl (C=O) groups is 1. The maximum atomic E-state index is 11.8. The van der Waals surface area contributed by atoms with Crippen LogP contribution in [0.1, 0.15) is 16.7 Å². The molecule has 113 valence electrons. The first-order chi connectivity index (χ1) is 10.6. The van der Waals surface area contributed by atoms with Crippen LogP contribution in [-0.2, 0) is 17.8 Å². The molecule has 2 aromatic carbocycles. The number of aromatic hydroxyl groups is 2. The molecule has 0 unspecified atom stereocenters. The summed E-state index contributed by atoms with van der Waals surface area (Å²) in [5.41, 5.74) is 2.77. The molecular formula is C18H18NO3. The molecule has 0 bridgehead atoms. The molecule has 4 nitrogen and oxygen atoms in total. The van der Waals surface area contributed by atoms with Crippen LogP contribution in [0.15, 0.2) is 48.5 Å². The van der Waals surface area contributed by atoms with Crippen LogP contribution in [0.4, 0.5) is 0 Å². The van der Waals surface area contributed by atoms with Crippen LogP contribution in [0.5, 0.6) is 11.5 Å². The van der Waals surface area contributed by atoms with Crippen molar-refractivity contribution in [3.05, 3.63) is 72.2 Å². The van der Waals surface area contributed by atoms with Crippen molar-refractivity contribution < 1.29 is 15.0 Å². The lowest BCUT2D eigenvalue weighted by molar-refractivity contribution is -0.116. The summed E-state index contributed by atoms with van der Waals surface area (Å²) in [6.07, 6.45) is 3.67. The van der Waals surface area contributed by atoms with Gasteiger partial charge in [-0.15, -0.1) is 0 Å². The maximum absolute atomic E-state index is 11.8. The van der Waals surface area contributed by atoms with Gasteiger partial charge in [-0.05, 0) is 48.2 Å². The fraction of sp³-hybridized carbons (Fsp3) is 0.111. The molecule has 0 aliphatic heterocycles. The van der Waals surface area contributed by atoms with Gasteiger partial charge in [-0.25, -0.2) is 0 Å². The first kappa shape index (κ1) is 15.6. The van der Waals surface area contributed by atoms with Crippen molar-refractivity contribution in [1.82, 2.24) is 5.32 Å². The molecular weight excluding hydrogens is 278 g/mol. The average Bonchev–Trinajstić information content (AvgIpc) is 2.54. The lowest BCUT2D eigenvalue weighted by Crippen LogP contribution is -2.20. The molecule has 4 heteroatoms. The van der Waals surface area contributed by atoms with Crippen molar-refractivity contribution in [2.45, 2.75) is 13.0 Å². The number of rotatable bonds is 5. The summed E-state index contributed by atoms with van der Waals surface area (Å²) < 4.78 is 0. The van der Waals surface area contributed by atoms with E-state index in [9.17, 15) is 15.0 Å². The van der Waals surface area contributed by atoms with Crippen molar-refractivity contribution in [3.63, 3.8) is 0 Å². The Kier molecular flexibility index (Phi) is 5.20. The monoisotopic (exact) mass is 296 g/mol. The number of phenols is 2. The zero-order chi connectivity index (χ0) is 15.9. The molecule has 2 aromatic rings. The molecule has 0 aliphatic carbocycles. The van der Waals surface area contributed by atoms with Gasteiger partial charge in [-0.1, -0.05) is 30.3 Å². The summed E-state index contributed by atoms with van der Waals surface area (Å²) in [6.45, 7) is 4.27. The topological polar surface area (TPSA) is 69.6 Å². The highest BCUT2D eigenvalue weighted by atomic mass is 16.3. The third kappa shape index (κ3) is 4.38. The minimum Gasteiger partial charge on any atom is -0.504 e. The van der Waals surface area contributed by atoms with Gasteiger partial charge >= 0.3 is 0 Å². The van der Waals surface area contributed by atoms with Gasteiger partial charge in [-0.2, -0.15) is 0 Å². The van der Waals surface area contributed by atoms with Crippen LogP contribution in [0.25, 0.3) is 6.08 Å². The van der Waals surface area contributed by atoms with Crippen LogP contribution in [0, 0.1) is 6.92 Å². The zero-order valence-corrected chi connectivity index (χ0v) is 12.1. The Hall–Kier alpha value is -2.75.